The number of aliphatic hydroxyl groups is 1. The van der Waals surface area contributed by atoms with Crippen LogP contribution in [0, 0.1) is 5.82 Å². The summed E-state index contributed by atoms with van der Waals surface area (Å²) in [4.78, 5) is 0. The van der Waals surface area contributed by atoms with Crippen molar-refractivity contribution in [2.75, 3.05) is 6.61 Å². The molecule has 0 amide bonds. The molecule has 0 aromatic heterocycles. The maximum Gasteiger partial charge on any atom is 0.123 e. The van der Waals surface area contributed by atoms with Crippen molar-refractivity contribution in [3.05, 3.63) is 47.8 Å². The number of rotatable bonds is 3. The summed E-state index contributed by atoms with van der Waals surface area (Å²) < 4.78 is 12.4. The molecule has 0 aliphatic rings. The van der Waals surface area contributed by atoms with E-state index in [0.717, 1.165) is 11.1 Å². The van der Waals surface area contributed by atoms with Crippen LogP contribution < -0.4 is 0 Å². The van der Waals surface area contributed by atoms with Gasteiger partial charge in [-0.25, -0.2) is 4.39 Å². The predicted molar refractivity (Wildman–Crippen MR) is 46.3 cm³/mol. The molecule has 0 bridgehead atoms. The van der Waals surface area contributed by atoms with Crippen LogP contribution in [0.25, 0.3) is 0 Å². The second-order valence-corrected chi connectivity index (χ2v) is 2.71. The Balaban J connectivity index is 2.64. The molecule has 0 aliphatic carbocycles. The molecule has 0 fully saturated rings. The topological polar surface area (TPSA) is 20.2 Å². The maximum atomic E-state index is 12.4. The molecule has 0 aliphatic heterocycles. The molecular weight excluding hydrogens is 155 g/mol. The van der Waals surface area contributed by atoms with Gasteiger partial charge in [0.25, 0.3) is 0 Å². The van der Waals surface area contributed by atoms with Crippen LogP contribution in [0.2, 0.25) is 0 Å². The Bertz CT molecular complexity index is 264. The SMILES string of the molecule is C=C(CO)Cc1ccc(F)cc1. The van der Waals surface area contributed by atoms with Gasteiger partial charge in [0, 0.05) is 0 Å². The van der Waals surface area contributed by atoms with Gasteiger partial charge in [0.1, 0.15) is 5.82 Å². The standard InChI is InChI=1S/C10H11FO/c1-8(7-12)6-9-2-4-10(11)5-3-9/h2-5,12H,1,6-7H2. The molecule has 1 aromatic carbocycles. The van der Waals surface area contributed by atoms with Gasteiger partial charge in [-0.05, 0) is 29.7 Å². The molecule has 0 saturated heterocycles. The van der Waals surface area contributed by atoms with E-state index in [1.165, 1.54) is 12.1 Å². The van der Waals surface area contributed by atoms with Crippen LogP contribution in [0.3, 0.4) is 0 Å². The number of benzene rings is 1. The zero-order valence-corrected chi connectivity index (χ0v) is 6.76. The molecule has 0 radical (unpaired) electrons. The molecule has 1 aromatic rings. The van der Waals surface area contributed by atoms with E-state index < -0.39 is 0 Å². The van der Waals surface area contributed by atoms with Gasteiger partial charge in [-0.1, -0.05) is 18.7 Å². The van der Waals surface area contributed by atoms with Crippen molar-refractivity contribution < 1.29 is 9.50 Å². The first kappa shape index (κ1) is 8.94. The van der Waals surface area contributed by atoms with E-state index in [9.17, 15) is 4.39 Å². The summed E-state index contributed by atoms with van der Waals surface area (Å²) in [6.07, 6.45) is 0.608. The molecule has 1 rings (SSSR count). The second-order valence-electron chi connectivity index (χ2n) is 2.71. The fourth-order valence-corrected chi connectivity index (χ4v) is 0.947. The predicted octanol–water partition coefficient (Wildman–Crippen LogP) is 1.92. The van der Waals surface area contributed by atoms with Crippen molar-refractivity contribution in [3.8, 4) is 0 Å². The lowest BCUT2D eigenvalue weighted by Crippen LogP contribution is -1.93. The summed E-state index contributed by atoms with van der Waals surface area (Å²) in [6.45, 7) is 3.63. The third-order valence-electron chi connectivity index (χ3n) is 1.59. The first-order valence-electron chi connectivity index (χ1n) is 3.74. The highest BCUT2D eigenvalue weighted by molar-refractivity contribution is 5.21. The van der Waals surface area contributed by atoms with Crippen LogP contribution >= 0.6 is 0 Å². The molecule has 0 unspecified atom stereocenters. The van der Waals surface area contributed by atoms with Gasteiger partial charge in [-0.15, -0.1) is 0 Å². The van der Waals surface area contributed by atoms with Gasteiger partial charge in [0.2, 0.25) is 0 Å². The Kier molecular flexibility index (Phi) is 3.00. The summed E-state index contributed by atoms with van der Waals surface area (Å²) in [5, 5.41) is 8.68. The largest absolute Gasteiger partial charge is 0.392 e. The lowest BCUT2D eigenvalue weighted by atomic mass is 10.1. The lowest BCUT2D eigenvalue weighted by Gasteiger charge is -2.01. The molecule has 1 nitrogen and oxygen atoms in total. The van der Waals surface area contributed by atoms with Crippen molar-refractivity contribution in [2.24, 2.45) is 0 Å². The van der Waals surface area contributed by atoms with Crippen LogP contribution in [0.5, 0.6) is 0 Å². The van der Waals surface area contributed by atoms with E-state index in [1.807, 2.05) is 0 Å². The molecule has 0 heterocycles. The van der Waals surface area contributed by atoms with Gasteiger partial charge in [0.05, 0.1) is 6.61 Å². The summed E-state index contributed by atoms with van der Waals surface area (Å²) in [7, 11) is 0. The van der Waals surface area contributed by atoms with Gasteiger partial charge in [-0.2, -0.15) is 0 Å². The first-order valence-corrected chi connectivity index (χ1v) is 3.74. The van der Waals surface area contributed by atoms with E-state index in [0.29, 0.717) is 6.42 Å². The number of aliphatic hydroxyl groups excluding tert-OH is 1. The van der Waals surface area contributed by atoms with Crippen molar-refractivity contribution in [3.63, 3.8) is 0 Å². The average molecular weight is 166 g/mol. The minimum absolute atomic E-state index is 0.0165. The monoisotopic (exact) mass is 166 g/mol. The highest BCUT2D eigenvalue weighted by Crippen LogP contribution is 2.07. The zero-order valence-electron chi connectivity index (χ0n) is 6.76. The minimum atomic E-state index is -0.242. The Morgan fingerprint density at radius 1 is 1.33 bits per heavy atom. The van der Waals surface area contributed by atoms with Crippen molar-refractivity contribution in [2.45, 2.75) is 6.42 Å². The molecule has 2 heteroatoms. The minimum Gasteiger partial charge on any atom is -0.392 e. The molecule has 12 heavy (non-hydrogen) atoms. The van der Waals surface area contributed by atoms with E-state index >= 15 is 0 Å². The fourth-order valence-electron chi connectivity index (χ4n) is 0.947. The van der Waals surface area contributed by atoms with E-state index in [-0.39, 0.29) is 12.4 Å². The Labute approximate surface area is 71.2 Å². The van der Waals surface area contributed by atoms with Gasteiger partial charge < -0.3 is 5.11 Å². The number of hydrogen-bond donors (Lipinski definition) is 1. The summed E-state index contributed by atoms with van der Waals surface area (Å²) in [5.41, 5.74) is 1.71. The number of hydrogen-bond acceptors (Lipinski definition) is 1. The number of halogens is 1. The van der Waals surface area contributed by atoms with Crippen LogP contribution in [0.15, 0.2) is 36.4 Å². The van der Waals surface area contributed by atoms with Gasteiger partial charge in [-0.3, -0.25) is 0 Å². The van der Waals surface area contributed by atoms with Crippen molar-refractivity contribution in [1.82, 2.24) is 0 Å². The van der Waals surface area contributed by atoms with E-state index in [2.05, 4.69) is 6.58 Å². The summed E-state index contributed by atoms with van der Waals surface area (Å²) >= 11 is 0. The quantitative estimate of drug-likeness (QED) is 0.680. The molecule has 0 saturated carbocycles. The third kappa shape index (κ3) is 2.47. The summed E-state index contributed by atoms with van der Waals surface area (Å²) in [6, 6.07) is 6.19. The zero-order chi connectivity index (χ0) is 8.97. The molecular formula is C10H11FO. The van der Waals surface area contributed by atoms with Crippen LogP contribution in [-0.4, -0.2) is 11.7 Å². The third-order valence-corrected chi connectivity index (χ3v) is 1.59. The molecule has 0 atom stereocenters. The smallest absolute Gasteiger partial charge is 0.123 e. The van der Waals surface area contributed by atoms with Crippen LogP contribution in [0.4, 0.5) is 4.39 Å². The van der Waals surface area contributed by atoms with Gasteiger partial charge >= 0.3 is 0 Å². The summed E-state index contributed by atoms with van der Waals surface area (Å²) in [5.74, 6) is -0.242. The Morgan fingerprint density at radius 3 is 2.42 bits per heavy atom. The van der Waals surface area contributed by atoms with E-state index in [4.69, 9.17) is 5.11 Å². The molecule has 0 spiro atoms. The highest BCUT2D eigenvalue weighted by Gasteiger charge is 1.95. The highest BCUT2D eigenvalue weighted by atomic mass is 19.1. The Hall–Kier alpha value is -1.15. The second kappa shape index (κ2) is 4.02. The molecule has 1 N–H and O–H groups in total. The first-order chi connectivity index (χ1) is 5.72. The Morgan fingerprint density at radius 2 is 1.92 bits per heavy atom. The van der Waals surface area contributed by atoms with Crippen molar-refractivity contribution in [1.29, 1.82) is 0 Å². The molecule has 64 valence electrons. The lowest BCUT2D eigenvalue weighted by molar-refractivity contribution is 0.329. The van der Waals surface area contributed by atoms with Crippen molar-refractivity contribution >= 4 is 0 Å². The van der Waals surface area contributed by atoms with Gasteiger partial charge in [0.15, 0.2) is 0 Å². The fraction of sp³-hybridized carbons (Fsp3) is 0.200. The average Bonchev–Trinajstić information content (AvgIpc) is 2.09. The normalized spacial score (nSPS) is 9.83. The van der Waals surface area contributed by atoms with Crippen LogP contribution in [0.1, 0.15) is 5.56 Å². The van der Waals surface area contributed by atoms with E-state index in [1.54, 1.807) is 12.1 Å². The maximum absolute atomic E-state index is 12.4. The van der Waals surface area contributed by atoms with Crippen LogP contribution in [-0.2, 0) is 6.42 Å².